The number of rotatable bonds is 6. The predicted octanol–water partition coefficient (Wildman–Crippen LogP) is 2.06. The molecule has 1 unspecified atom stereocenters. The molecule has 116 valence electrons. The number of aryl methyl sites for hydroxylation is 1. The van der Waals surface area contributed by atoms with Crippen molar-refractivity contribution in [2.75, 3.05) is 11.9 Å². The van der Waals surface area contributed by atoms with E-state index in [1.165, 1.54) is 0 Å². The summed E-state index contributed by atoms with van der Waals surface area (Å²) in [6.45, 7) is 8.29. The number of carbonyl (C=O) groups is 2. The maximum Gasteiger partial charge on any atom is 0.251 e. The third-order valence-corrected chi connectivity index (χ3v) is 3.39. The number of hydrogen-bond donors (Lipinski definition) is 3. The van der Waals surface area contributed by atoms with Crippen molar-refractivity contribution in [1.29, 1.82) is 0 Å². The van der Waals surface area contributed by atoms with Gasteiger partial charge in [0.25, 0.3) is 5.91 Å². The van der Waals surface area contributed by atoms with Crippen molar-refractivity contribution in [3.63, 3.8) is 0 Å². The topological polar surface area (TPSA) is 84.2 Å². The molecule has 0 aliphatic carbocycles. The minimum absolute atomic E-state index is 0.132. The second-order valence-corrected chi connectivity index (χ2v) is 5.55. The Hall–Kier alpha value is -1.88. The van der Waals surface area contributed by atoms with Crippen molar-refractivity contribution in [3.05, 3.63) is 29.3 Å². The smallest absolute Gasteiger partial charge is 0.251 e. The molecule has 0 aromatic heterocycles. The summed E-state index contributed by atoms with van der Waals surface area (Å²) in [7, 11) is 0. The Morgan fingerprint density at radius 3 is 2.52 bits per heavy atom. The molecule has 0 saturated carbocycles. The van der Waals surface area contributed by atoms with Crippen LogP contribution in [0.3, 0.4) is 0 Å². The SMILES string of the molecule is CCNC(=O)c1ccc(C)c(NC(=O)CC(N)C(C)C)c1. The van der Waals surface area contributed by atoms with Crippen molar-refractivity contribution in [3.8, 4) is 0 Å². The summed E-state index contributed by atoms with van der Waals surface area (Å²) in [5.74, 6) is -0.0299. The Balaban J connectivity index is 2.80. The Bertz CT molecular complexity index is 512. The number of anilines is 1. The molecule has 5 heteroatoms. The van der Waals surface area contributed by atoms with Crippen molar-refractivity contribution >= 4 is 17.5 Å². The van der Waals surface area contributed by atoms with Crippen LogP contribution in [-0.4, -0.2) is 24.4 Å². The zero-order valence-electron chi connectivity index (χ0n) is 13.2. The highest BCUT2D eigenvalue weighted by molar-refractivity contribution is 5.97. The molecule has 0 aliphatic rings. The van der Waals surface area contributed by atoms with Gasteiger partial charge in [-0.25, -0.2) is 0 Å². The maximum atomic E-state index is 12.0. The summed E-state index contributed by atoms with van der Waals surface area (Å²) >= 11 is 0. The highest BCUT2D eigenvalue weighted by Gasteiger charge is 2.14. The van der Waals surface area contributed by atoms with Gasteiger partial charge in [0.15, 0.2) is 0 Å². The van der Waals surface area contributed by atoms with E-state index in [1.807, 2.05) is 33.8 Å². The van der Waals surface area contributed by atoms with Crippen molar-refractivity contribution in [2.45, 2.75) is 40.2 Å². The fourth-order valence-corrected chi connectivity index (χ4v) is 1.81. The molecule has 21 heavy (non-hydrogen) atoms. The molecule has 0 saturated heterocycles. The van der Waals surface area contributed by atoms with Gasteiger partial charge < -0.3 is 16.4 Å². The van der Waals surface area contributed by atoms with Gasteiger partial charge in [0.2, 0.25) is 5.91 Å². The summed E-state index contributed by atoms with van der Waals surface area (Å²) in [5, 5.41) is 5.57. The zero-order chi connectivity index (χ0) is 16.0. The van der Waals surface area contributed by atoms with E-state index in [0.29, 0.717) is 17.8 Å². The van der Waals surface area contributed by atoms with Crippen LogP contribution < -0.4 is 16.4 Å². The number of nitrogens with one attached hydrogen (secondary N) is 2. The number of hydrogen-bond acceptors (Lipinski definition) is 3. The lowest BCUT2D eigenvalue weighted by molar-refractivity contribution is -0.116. The number of benzene rings is 1. The average Bonchev–Trinajstić information content (AvgIpc) is 2.41. The maximum absolute atomic E-state index is 12.0. The summed E-state index contributed by atoms with van der Waals surface area (Å²) in [4.78, 5) is 23.8. The van der Waals surface area contributed by atoms with Gasteiger partial charge in [0.1, 0.15) is 0 Å². The van der Waals surface area contributed by atoms with Gasteiger partial charge >= 0.3 is 0 Å². The summed E-state index contributed by atoms with van der Waals surface area (Å²) < 4.78 is 0. The molecule has 1 aromatic rings. The lowest BCUT2D eigenvalue weighted by Gasteiger charge is -2.16. The number of nitrogens with two attached hydrogens (primary N) is 1. The first-order valence-corrected chi connectivity index (χ1v) is 7.29. The first kappa shape index (κ1) is 17.2. The van der Waals surface area contributed by atoms with Crippen LogP contribution in [-0.2, 0) is 4.79 Å². The molecule has 4 N–H and O–H groups in total. The number of carbonyl (C=O) groups excluding carboxylic acids is 2. The molecule has 1 aromatic carbocycles. The zero-order valence-corrected chi connectivity index (χ0v) is 13.2. The average molecular weight is 291 g/mol. The molecule has 1 atom stereocenters. The second kappa shape index (κ2) is 7.78. The molecule has 0 spiro atoms. The molecule has 2 amide bonds. The van der Waals surface area contributed by atoms with E-state index in [-0.39, 0.29) is 30.2 Å². The van der Waals surface area contributed by atoms with Crippen LogP contribution in [0.1, 0.15) is 43.1 Å². The Kier molecular flexibility index (Phi) is 6.37. The Morgan fingerprint density at radius 2 is 1.95 bits per heavy atom. The second-order valence-electron chi connectivity index (χ2n) is 5.55. The van der Waals surface area contributed by atoms with E-state index in [9.17, 15) is 9.59 Å². The lowest BCUT2D eigenvalue weighted by atomic mass is 10.0. The summed E-state index contributed by atoms with van der Waals surface area (Å²) in [6, 6.07) is 5.09. The van der Waals surface area contributed by atoms with E-state index in [4.69, 9.17) is 5.73 Å². The molecule has 0 aliphatic heterocycles. The van der Waals surface area contributed by atoms with Crippen molar-refractivity contribution < 1.29 is 9.59 Å². The van der Waals surface area contributed by atoms with Crippen LogP contribution in [0.2, 0.25) is 0 Å². The standard InChI is InChI=1S/C16H25N3O2/c1-5-18-16(21)12-7-6-11(4)14(8-12)19-15(20)9-13(17)10(2)3/h6-8,10,13H,5,9,17H2,1-4H3,(H,18,21)(H,19,20). The third kappa shape index (κ3) is 5.19. The van der Waals surface area contributed by atoms with Crippen LogP contribution in [0.15, 0.2) is 18.2 Å². The Morgan fingerprint density at radius 1 is 1.29 bits per heavy atom. The van der Waals surface area contributed by atoms with Crippen LogP contribution in [0.4, 0.5) is 5.69 Å². The van der Waals surface area contributed by atoms with Crippen LogP contribution in [0.25, 0.3) is 0 Å². The minimum atomic E-state index is -0.170. The van der Waals surface area contributed by atoms with Gasteiger partial charge in [-0.15, -0.1) is 0 Å². The first-order chi connectivity index (χ1) is 9.85. The van der Waals surface area contributed by atoms with E-state index in [0.717, 1.165) is 5.56 Å². The van der Waals surface area contributed by atoms with Gasteiger partial charge in [-0.3, -0.25) is 9.59 Å². The van der Waals surface area contributed by atoms with Crippen molar-refractivity contribution in [2.24, 2.45) is 11.7 Å². The molecule has 0 bridgehead atoms. The van der Waals surface area contributed by atoms with Gasteiger partial charge in [-0.2, -0.15) is 0 Å². The fraction of sp³-hybridized carbons (Fsp3) is 0.500. The van der Waals surface area contributed by atoms with Crippen LogP contribution in [0, 0.1) is 12.8 Å². The molecule has 0 heterocycles. The van der Waals surface area contributed by atoms with Gasteiger partial charge in [-0.05, 0) is 37.5 Å². The quantitative estimate of drug-likeness (QED) is 0.750. The highest BCUT2D eigenvalue weighted by atomic mass is 16.2. The van der Waals surface area contributed by atoms with Crippen LogP contribution in [0.5, 0.6) is 0 Å². The Labute approximate surface area is 126 Å². The van der Waals surface area contributed by atoms with Gasteiger partial charge in [-0.1, -0.05) is 19.9 Å². The minimum Gasteiger partial charge on any atom is -0.352 e. The predicted molar refractivity (Wildman–Crippen MR) is 85.2 cm³/mol. The van der Waals surface area contributed by atoms with Crippen LogP contribution >= 0.6 is 0 Å². The molecular weight excluding hydrogens is 266 g/mol. The fourth-order valence-electron chi connectivity index (χ4n) is 1.81. The molecule has 0 radical (unpaired) electrons. The van der Waals surface area contributed by atoms with E-state index >= 15 is 0 Å². The van der Waals surface area contributed by atoms with E-state index in [2.05, 4.69) is 10.6 Å². The van der Waals surface area contributed by atoms with E-state index < -0.39 is 0 Å². The number of amides is 2. The summed E-state index contributed by atoms with van der Waals surface area (Å²) in [5.41, 5.74) is 8.00. The lowest BCUT2D eigenvalue weighted by Crippen LogP contribution is -2.31. The molecular formula is C16H25N3O2. The molecule has 5 nitrogen and oxygen atoms in total. The normalized spacial score (nSPS) is 12.1. The van der Waals surface area contributed by atoms with E-state index in [1.54, 1.807) is 12.1 Å². The largest absolute Gasteiger partial charge is 0.352 e. The first-order valence-electron chi connectivity index (χ1n) is 7.29. The third-order valence-electron chi connectivity index (χ3n) is 3.39. The molecule has 1 rings (SSSR count). The monoisotopic (exact) mass is 291 g/mol. The molecule has 0 fully saturated rings. The van der Waals surface area contributed by atoms with Crippen molar-refractivity contribution in [1.82, 2.24) is 5.32 Å². The summed E-state index contributed by atoms with van der Waals surface area (Å²) in [6.07, 6.45) is 0.266. The van der Waals surface area contributed by atoms with Gasteiger partial charge in [0.05, 0.1) is 0 Å². The highest BCUT2D eigenvalue weighted by Crippen LogP contribution is 2.18. The van der Waals surface area contributed by atoms with Gasteiger partial charge in [0, 0.05) is 30.3 Å².